The Hall–Kier alpha value is -3.19. The lowest BCUT2D eigenvalue weighted by atomic mass is 10.2. The van der Waals surface area contributed by atoms with Crippen LogP contribution in [-0.4, -0.2) is 23.3 Å². The number of hydrogen-bond donors (Lipinski definition) is 2. The first-order valence-electron chi connectivity index (χ1n) is 8.98. The summed E-state index contributed by atoms with van der Waals surface area (Å²) in [5, 5.41) is 7.11. The molecule has 144 valence electrons. The Morgan fingerprint density at radius 1 is 1.11 bits per heavy atom. The van der Waals surface area contributed by atoms with E-state index in [1.807, 2.05) is 41.8 Å². The maximum Gasteiger partial charge on any atom is 0.313 e. The number of rotatable bonds is 7. The summed E-state index contributed by atoms with van der Waals surface area (Å²) >= 11 is 1.62. The number of aryl methyl sites for hydroxylation is 1. The topological polar surface area (TPSA) is 80.3 Å². The zero-order valence-corrected chi connectivity index (χ0v) is 16.3. The van der Waals surface area contributed by atoms with Crippen molar-refractivity contribution in [2.75, 3.05) is 11.9 Å². The molecule has 2 N–H and O–H groups in total. The maximum atomic E-state index is 12.0. The average molecular weight is 395 g/mol. The van der Waals surface area contributed by atoms with Crippen LogP contribution in [0.25, 0.3) is 0 Å². The highest BCUT2D eigenvalue weighted by atomic mass is 32.1. The molecule has 3 rings (SSSR count). The second-order valence-corrected chi connectivity index (χ2v) is 7.06. The number of ether oxygens (including phenoxy) is 1. The van der Waals surface area contributed by atoms with Gasteiger partial charge in [-0.2, -0.15) is 0 Å². The molecular weight excluding hydrogens is 374 g/mol. The first-order valence-corrected chi connectivity index (χ1v) is 9.86. The number of anilines is 1. The lowest BCUT2D eigenvalue weighted by Crippen LogP contribution is -2.36. The van der Waals surface area contributed by atoms with Crippen LogP contribution in [0.4, 0.5) is 5.69 Å². The van der Waals surface area contributed by atoms with Gasteiger partial charge in [-0.1, -0.05) is 25.1 Å². The van der Waals surface area contributed by atoms with Gasteiger partial charge >= 0.3 is 11.8 Å². The molecule has 6 nitrogen and oxygen atoms in total. The van der Waals surface area contributed by atoms with Crippen LogP contribution in [0.1, 0.15) is 17.4 Å². The Balaban J connectivity index is 1.48. The highest BCUT2D eigenvalue weighted by Crippen LogP contribution is 2.21. The Kier molecular flexibility index (Phi) is 6.75. The molecule has 0 unspecified atom stereocenters. The molecule has 2 heterocycles. The molecule has 0 aliphatic heterocycles. The molecule has 2 amide bonds. The van der Waals surface area contributed by atoms with Crippen molar-refractivity contribution >= 4 is 28.8 Å². The molecule has 0 radical (unpaired) electrons. The van der Waals surface area contributed by atoms with Gasteiger partial charge in [0.2, 0.25) is 5.88 Å². The van der Waals surface area contributed by atoms with Crippen molar-refractivity contribution in [2.45, 2.75) is 19.8 Å². The number of thiophene rings is 1. The van der Waals surface area contributed by atoms with E-state index >= 15 is 0 Å². The third-order valence-corrected chi connectivity index (χ3v) is 4.90. The van der Waals surface area contributed by atoms with Crippen LogP contribution in [0.2, 0.25) is 0 Å². The minimum atomic E-state index is -0.725. The number of carbonyl (C=O) groups is 2. The second kappa shape index (κ2) is 9.66. The van der Waals surface area contributed by atoms with Gasteiger partial charge in [0.1, 0.15) is 5.75 Å². The Bertz CT molecular complexity index is 924. The van der Waals surface area contributed by atoms with E-state index in [2.05, 4.69) is 22.5 Å². The average Bonchev–Trinajstić information content (AvgIpc) is 3.23. The Morgan fingerprint density at radius 3 is 2.71 bits per heavy atom. The second-order valence-electron chi connectivity index (χ2n) is 6.03. The normalized spacial score (nSPS) is 10.3. The molecule has 0 saturated carbocycles. The summed E-state index contributed by atoms with van der Waals surface area (Å²) < 4.78 is 5.71. The van der Waals surface area contributed by atoms with E-state index in [9.17, 15) is 9.59 Å². The van der Waals surface area contributed by atoms with E-state index in [-0.39, 0.29) is 0 Å². The van der Waals surface area contributed by atoms with Gasteiger partial charge in [-0.3, -0.25) is 9.59 Å². The lowest BCUT2D eigenvalue weighted by Gasteiger charge is -2.08. The van der Waals surface area contributed by atoms with Gasteiger partial charge in [-0.25, -0.2) is 4.98 Å². The third kappa shape index (κ3) is 5.65. The summed E-state index contributed by atoms with van der Waals surface area (Å²) in [4.78, 5) is 29.2. The number of pyridine rings is 1. The van der Waals surface area contributed by atoms with Crippen molar-refractivity contribution in [3.63, 3.8) is 0 Å². The minimum absolute atomic E-state index is 0.409. The van der Waals surface area contributed by atoms with Crippen LogP contribution in [0.15, 0.2) is 60.1 Å². The fourth-order valence-corrected chi connectivity index (χ4v) is 3.20. The summed E-state index contributed by atoms with van der Waals surface area (Å²) in [5.74, 6) is -0.286. The lowest BCUT2D eigenvalue weighted by molar-refractivity contribution is -0.136. The highest BCUT2D eigenvalue weighted by Gasteiger charge is 2.13. The zero-order valence-electron chi connectivity index (χ0n) is 15.5. The summed E-state index contributed by atoms with van der Waals surface area (Å²) in [6, 6.07) is 15.0. The molecule has 0 fully saturated rings. The molecule has 1 aromatic carbocycles. The van der Waals surface area contributed by atoms with Gasteiger partial charge in [0.25, 0.3) is 0 Å². The fraction of sp³-hybridized carbons (Fsp3) is 0.190. The van der Waals surface area contributed by atoms with E-state index in [4.69, 9.17) is 4.74 Å². The fourth-order valence-electron chi connectivity index (χ4n) is 2.49. The standard InChI is InChI=1S/C21H21N3O3S/c1-2-15-5-3-6-17(13-15)27-19-9-8-16(14-23-19)24-21(26)20(25)22-11-10-18-7-4-12-28-18/h3-9,12-14H,2,10-11H2,1H3,(H,22,25)(H,24,26). The first kappa shape index (κ1) is 19.6. The molecular formula is C21H21N3O3S. The summed E-state index contributed by atoms with van der Waals surface area (Å²) in [6.45, 7) is 2.49. The van der Waals surface area contributed by atoms with Crippen molar-refractivity contribution in [3.05, 3.63) is 70.5 Å². The number of nitrogens with zero attached hydrogens (tertiary/aromatic N) is 1. The number of hydrogen-bond acceptors (Lipinski definition) is 5. The number of aromatic nitrogens is 1. The first-order chi connectivity index (χ1) is 13.6. The van der Waals surface area contributed by atoms with Crippen LogP contribution in [0.3, 0.4) is 0 Å². The predicted molar refractivity (Wildman–Crippen MR) is 110 cm³/mol. The van der Waals surface area contributed by atoms with Crippen molar-refractivity contribution in [2.24, 2.45) is 0 Å². The summed E-state index contributed by atoms with van der Waals surface area (Å²) in [5.41, 5.74) is 1.60. The largest absolute Gasteiger partial charge is 0.439 e. The molecule has 7 heteroatoms. The van der Waals surface area contributed by atoms with Crippen molar-refractivity contribution in [1.29, 1.82) is 0 Å². The van der Waals surface area contributed by atoms with Gasteiger partial charge in [0.15, 0.2) is 0 Å². The Morgan fingerprint density at radius 2 is 2.00 bits per heavy atom. The third-order valence-electron chi connectivity index (χ3n) is 3.97. The predicted octanol–water partition coefficient (Wildman–Crippen LogP) is 3.80. The van der Waals surface area contributed by atoms with Gasteiger partial charge < -0.3 is 15.4 Å². The van der Waals surface area contributed by atoms with E-state index in [0.717, 1.165) is 11.3 Å². The van der Waals surface area contributed by atoms with Crippen LogP contribution in [0, 0.1) is 0 Å². The molecule has 0 spiro atoms. The number of benzene rings is 1. The summed E-state index contributed by atoms with van der Waals surface area (Å²) in [6.07, 6.45) is 3.07. The zero-order chi connectivity index (χ0) is 19.8. The van der Waals surface area contributed by atoms with Crippen molar-refractivity contribution in [1.82, 2.24) is 10.3 Å². The van der Waals surface area contributed by atoms with Crippen molar-refractivity contribution < 1.29 is 14.3 Å². The van der Waals surface area contributed by atoms with Crippen LogP contribution in [-0.2, 0) is 22.4 Å². The van der Waals surface area contributed by atoms with Crippen LogP contribution >= 0.6 is 11.3 Å². The molecule has 28 heavy (non-hydrogen) atoms. The molecule has 0 atom stereocenters. The smallest absolute Gasteiger partial charge is 0.313 e. The minimum Gasteiger partial charge on any atom is -0.439 e. The molecule has 3 aromatic rings. The van der Waals surface area contributed by atoms with E-state index in [1.165, 1.54) is 11.8 Å². The molecule has 0 aliphatic carbocycles. The van der Waals surface area contributed by atoms with E-state index < -0.39 is 11.8 Å². The van der Waals surface area contributed by atoms with E-state index in [1.54, 1.807) is 23.5 Å². The quantitative estimate of drug-likeness (QED) is 0.597. The van der Waals surface area contributed by atoms with Crippen LogP contribution in [0.5, 0.6) is 11.6 Å². The number of carbonyl (C=O) groups excluding carboxylic acids is 2. The molecule has 2 aromatic heterocycles. The molecule has 0 bridgehead atoms. The van der Waals surface area contributed by atoms with Crippen molar-refractivity contribution in [3.8, 4) is 11.6 Å². The van der Waals surface area contributed by atoms with Crippen LogP contribution < -0.4 is 15.4 Å². The van der Waals surface area contributed by atoms with Gasteiger partial charge in [-0.15, -0.1) is 11.3 Å². The maximum absolute atomic E-state index is 12.0. The van der Waals surface area contributed by atoms with Gasteiger partial charge in [0.05, 0.1) is 11.9 Å². The van der Waals surface area contributed by atoms with Gasteiger partial charge in [0, 0.05) is 17.5 Å². The number of nitrogens with one attached hydrogen (secondary N) is 2. The Labute approximate surface area is 167 Å². The number of amides is 2. The molecule has 0 saturated heterocycles. The van der Waals surface area contributed by atoms with E-state index in [0.29, 0.717) is 30.3 Å². The highest BCUT2D eigenvalue weighted by molar-refractivity contribution is 7.09. The molecule has 0 aliphatic rings. The summed E-state index contributed by atoms with van der Waals surface area (Å²) in [7, 11) is 0. The monoisotopic (exact) mass is 395 g/mol. The van der Waals surface area contributed by atoms with Gasteiger partial charge in [-0.05, 0) is 48.1 Å². The SMILES string of the molecule is CCc1cccc(Oc2ccc(NC(=O)C(=O)NCCc3cccs3)cn2)c1.